The summed E-state index contributed by atoms with van der Waals surface area (Å²) >= 11 is 0. The first kappa shape index (κ1) is 20.0. The first-order valence-corrected chi connectivity index (χ1v) is 8.32. The number of ketones is 1. The second kappa shape index (κ2) is 9.93. The van der Waals surface area contributed by atoms with Crippen LogP contribution in [0, 0.1) is 5.92 Å². The minimum absolute atomic E-state index is 0.0410. The van der Waals surface area contributed by atoms with Gasteiger partial charge in [0.15, 0.2) is 5.78 Å². The van der Waals surface area contributed by atoms with Crippen LogP contribution in [0.4, 0.5) is 8.78 Å². The van der Waals surface area contributed by atoms with Gasteiger partial charge in [0.1, 0.15) is 13.2 Å². The molecule has 0 saturated heterocycles. The molecule has 0 aliphatic heterocycles. The first-order chi connectivity index (χ1) is 10.8. The highest BCUT2D eigenvalue weighted by molar-refractivity contribution is 5.90. The fraction of sp³-hybridized carbons (Fsp3) is 0.875. The molecule has 1 aliphatic carbocycles. The van der Waals surface area contributed by atoms with E-state index in [9.17, 15) is 18.4 Å². The van der Waals surface area contributed by atoms with E-state index in [4.69, 9.17) is 10.5 Å². The monoisotopic (exact) mass is 334 g/mol. The lowest BCUT2D eigenvalue weighted by atomic mass is 10.0. The number of ether oxygens (including phenoxy) is 1. The van der Waals surface area contributed by atoms with E-state index in [1.165, 1.54) is 0 Å². The quantitative estimate of drug-likeness (QED) is 0.567. The molecule has 1 rings (SSSR count). The Morgan fingerprint density at radius 3 is 2.52 bits per heavy atom. The van der Waals surface area contributed by atoms with Crippen LogP contribution in [-0.4, -0.2) is 43.4 Å². The molecule has 0 aromatic carbocycles. The Kier molecular flexibility index (Phi) is 8.62. The van der Waals surface area contributed by atoms with Crippen LogP contribution in [0.5, 0.6) is 0 Å². The Labute approximate surface area is 136 Å². The van der Waals surface area contributed by atoms with E-state index in [0.29, 0.717) is 19.4 Å². The number of Topliss-reactive ketones (excluding diaryl/α,β-unsaturated/α-hetero) is 1. The second-order valence-corrected chi connectivity index (χ2v) is 6.36. The minimum atomic E-state index is -2.97. The summed E-state index contributed by atoms with van der Waals surface area (Å²) in [6, 6.07) is -0.680. The summed E-state index contributed by atoms with van der Waals surface area (Å²) in [5, 5.41) is 2.77. The molecule has 0 spiro atoms. The van der Waals surface area contributed by atoms with Crippen LogP contribution in [0.15, 0.2) is 0 Å². The highest BCUT2D eigenvalue weighted by atomic mass is 19.3. The van der Waals surface area contributed by atoms with Crippen LogP contribution in [0.1, 0.15) is 51.9 Å². The smallest absolute Gasteiger partial charge is 0.268 e. The van der Waals surface area contributed by atoms with Gasteiger partial charge in [0, 0.05) is 12.8 Å². The molecular formula is C16H28F2N2O3. The van der Waals surface area contributed by atoms with Crippen LogP contribution in [0.25, 0.3) is 0 Å². The van der Waals surface area contributed by atoms with E-state index in [1.807, 2.05) is 0 Å². The summed E-state index contributed by atoms with van der Waals surface area (Å²) in [6.45, 7) is 0.0284. The summed E-state index contributed by atoms with van der Waals surface area (Å²) in [7, 11) is 0. The SMILES string of the molecule is CC(F)(F)COCC(=O)[C@H](CCCCN)NC(=O)C1CCCC1. The number of carbonyl (C=O) groups is 2. The molecule has 0 radical (unpaired) electrons. The lowest BCUT2D eigenvalue weighted by Gasteiger charge is -2.20. The normalized spacial score (nSPS) is 17.2. The summed E-state index contributed by atoms with van der Waals surface area (Å²) in [5.74, 6) is -3.49. The van der Waals surface area contributed by atoms with Gasteiger partial charge in [0.05, 0.1) is 6.04 Å². The highest BCUT2D eigenvalue weighted by Crippen LogP contribution is 2.25. The molecule has 1 aliphatic rings. The molecule has 1 amide bonds. The number of hydrogen-bond acceptors (Lipinski definition) is 4. The van der Waals surface area contributed by atoms with Crippen molar-refractivity contribution < 1.29 is 23.1 Å². The fourth-order valence-electron chi connectivity index (χ4n) is 2.72. The van der Waals surface area contributed by atoms with E-state index >= 15 is 0 Å². The molecule has 134 valence electrons. The van der Waals surface area contributed by atoms with Crippen LogP contribution >= 0.6 is 0 Å². The lowest BCUT2D eigenvalue weighted by Crippen LogP contribution is -2.45. The molecule has 1 fully saturated rings. The van der Waals surface area contributed by atoms with Crippen molar-refractivity contribution in [3.63, 3.8) is 0 Å². The van der Waals surface area contributed by atoms with Crippen molar-refractivity contribution in [2.24, 2.45) is 11.7 Å². The van der Waals surface area contributed by atoms with Gasteiger partial charge in [-0.15, -0.1) is 0 Å². The highest BCUT2D eigenvalue weighted by Gasteiger charge is 2.28. The van der Waals surface area contributed by atoms with Crippen LogP contribution in [0.2, 0.25) is 0 Å². The Bertz CT molecular complexity index is 380. The number of nitrogens with two attached hydrogens (primary N) is 1. The van der Waals surface area contributed by atoms with Crippen molar-refractivity contribution in [1.29, 1.82) is 0 Å². The van der Waals surface area contributed by atoms with Crippen molar-refractivity contribution in [3.8, 4) is 0 Å². The number of hydrogen-bond donors (Lipinski definition) is 2. The minimum Gasteiger partial charge on any atom is -0.367 e. The molecule has 23 heavy (non-hydrogen) atoms. The van der Waals surface area contributed by atoms with Crippen LogP contribution < -0.4 is 11.1 Å². The first-order valence-electron chi connectivity index (χ1n) is 8.32. The van der Waals surface area contributed by atoms with E-state index in [-0.39, 0.29) is 17.6 Å². The molecule has 0 unspecified atom stereocenters. The van der Waals surface area contributed by atoms with Gasteiger partial charge in [-0.25, -0.2) is 8.78 Å². The Hall–Kier alpha value is -1.08. The molecule has 0 aromatic rings. The average Bonchev–Trinajstić information content (AvgIpc) is 2.99. The average molecular weight is 334 g/mol. The maximum atomic E-state index is 12.7. The molecule has 0 bridgehead atoms. The summed E-state index contributed by atoms with van der Waals surface area (Å²) in [5.41, 5.74) is 5.44. The number of carbonyl (C=O) groups excluding carboxylic acids is 2. The van der Waals surface area contributed by atoms with Crippen molar-refractivity contribution >= 4 is 11.7 Å². The molecule has 1 saturated carbocycles. The van der Waals surface area contributed by atoms with Gasteiger partial charge in [0.2, 0.25) is 5.91 Å². The zero-order valence-electron chi connectivity index (χ0n) is 13.8. The third-order valence-corrected chi connectivity index (χ3v) is 3.98. The lowest BCUT2D eigenvalue weighted by molar-refractivity contribution is -0.134. The summed E-state index contributed by atoms with van der Waals surface area (Å²) < 4.78 is 30.2. The number of alkyl halides is 2. The van der Waals surface area contributed by atoms with Crippen LogP contribution in [0.3, 0.4) is 0 Å². The van der Waals surface area contributed by atoms with Gasteiger partial charge in [0.25, 0.3) is 5.92 Å². The third-order valence-electron chi connectivity index (χ3n) is 3.98. The summed E-state index contributed by atoms with van der Waals surface area (Å²) in [4.78, 5) is 24.3. The fourth-order valence-corrected chi connectivity index (χ4v) is 2.72. The maximum absolute atomic E-state index is 12.7. The van der Waals surface area contributed by atoms with Crippen LogP contribution in [-0.2, 0) is 14.3 Å². The van der Waals surface area contributed by atoms with Gasteiger partial charge in [-0.1, -0.05) is 12.8 Å². The largest absolute Gasteiger partial charge is 0.367 e. The van der Waals surface area contributed by atoms with E-state index < -0.39 is 25.2 Å². The molecular weight excluding hydrogens is 306 g/mol. The van der Waals surface area contributed by atoms with Crippen molar-refractivity contribution in [3.05, 3.63) is 0 Å². The number of amides is 1. The molecule has 3 N–H and O–H groups in total. The van der Waals surface area contributed by atoms with Gasteiger partial charge in [-0.05, 0) is 38.6 Å². The molecule has 0 heterocycles. The van der Waals surface area contributed by atoms with Crippen molar-refractivity contribution in [2.45, 2.75) is 63.8 Å². The Morgan fingerprint density at radius 1 is 1.30 bits per heavy atom. The molecule has 1 atom stereocenters. The maximum Gasteiger partial charge on any atom is 0.268 e. The van der Waals surface area contributed by atoms with E-state index in [0.717, 1.165) is 39.0 Å². The van der Waals surface area contributed by atoms with Gasteiger partial charge >= 0.3 is 0 Å². The molecule has 5 nitrogen and oxygen atoms in total. The third kappa shape index (κ3) is 8.37. The standard InChI is InChI=1S/C16H28F2N2O3/c1-16(17,18)11-23-10-14(21)13(8-4-5-9-19)20-15(22)12-6-2-3-7-12/h12-13H,2-11,19H2,1H3,(H,20,22)/t13-/m0/s1. The van der Waals surface area contributed by atoms with Gasteiger partial charge in [-0.3, -0.25) is 9.59 Å². The summed E-state index contributed by atoms with van der Waals surface area (Å²) in [6.07, 6.45) is 5.64. The zero-order chi connectivity index (χ0) is 17.3. The van der Waals surface area contributed by atoms with Gasteiger partial charge < -0.3 is 15.8 Å². The number of halogens is 2. The second-order valence-electron chi connectivity index (χ2n) is 6.36. The van der Waals surface area contributed by atoms with E-state index in [1.54, 1.807) is 0 Å². The predicted octanol–water partition coefficient (Wildman–Crippen LogP) is 2.03. The topological polar surface area (TPSA) is 81.4 Å². The number of nitrogens with one attached hydrogen (secondary N) is 1. The predicted molar refractivity (Wildman–Crippen MR) is 83.2 cm³/mol. The number of rotatable bonds is 11. The van der Waals surface area contributed by atoms with Crippen molar-refractivity contribution in [2.75, 3.05) is 19.8 Å². The van der Waals surface area contributed by atoms with Gasteiger partial charge in [-0.2, -0.15) is 0 Å². The Morgan fingerprint density at radius 2 is 1.96 bits per heavy atom. The number of unbranched alkanes of at least 4 members (excludes halogenated alkanes) is 1. The Balaban J connectivity index is 2.48. The zero-order valence-corrected chi connectivity index (χ0v) is 13.8. The van der Waals surface area contributed by atoms with E-state index in [2.05, 4.69) is 5.32 Å². The molecule has 7 heteroatoms. The van der Waals surface area contributed by atoms with Crippen molar-refractivity contribution in [1.82, 2.24) is 5.32 Å². The molecule has 0 aromatic heterocycles.